The average molecular weight is 284 g/mol. The minimum atomic E-state index is -0.594. The number of benzene rings is 1. The Labute approximate surface area is 117 Å². The molecule has 0 aliphatic carbocycles. The van der Waals surface area contributed by atoms with E-state index in [0.717, 1.165) is 6.54 Å². The van der Waals surface area contributed by atoms with E-state index in [1.165, 1.54) is 12.1 Å². The van der Waals surface area contributed by atoms with E-state index >= 15 is 0 Å². The maximum absolute atomic E-state index is 11.7. The number of hydrogen-bond donors (Lipinski definition) is 3. The first kappa shape index (κ1) is 15.5. The van der Waals surface area contributed by atoms with Crippen LogP contribution in [0.5, 0.6) is 0 Å². The molecule has 1 atom stereocenters. The van der Waals surface area contributed by atoms with E-state index in [-0.39, 0.29) is 22.5 Å². The lowest BCUT2D eigenvalue weighted by atomic mass is 10.2. The predicted molar refractivity (Wildman–Crippen MR) is 76.4 cm³/mol. The molecule has 2 amide bonds. The number of carbonyl (C=O) groups is 2. The molecule has 0 aliphatic rings. The van der Waals surface area contributed by atoms with Gasteiger partial charge in [-0.25, -0.2) is 0 Å². The predicted octanol–water partition coefficient (Wildman–Crippen LogP) is 1.77. The second-order valence-electron chi connectivity index (χ2n) is 4.27. The van der Waals surface area contributed by atoms with Crippen LogP contribution in [0.2, 0.25) is 5.02 Å². The minimum absolute atomic E-state index is 0.102. The highest BCUT2D eigenvalue weighted by molar-refractivity contribution is 6.34. The highest BCUT2D eigenvalue weighted by atomic mass is 35.5. The Kier molecular flexibility index (Phi) is 5.79. The van der Waals surface area contributed by atoms with Crippen molar-refractivity contribution in [3.8, 4) is 0 Å². The van der Waals surface area contributed by atoms with Crippen molar-refractivity contribution in [3.05, 3.63) is 28.8 Å². The monoisotopic (exact) mass is 283 g/mol. The second kappa shape index (κ2) is 7.11. The van der Waals surface area contributed by atoms with Gasteiger partial charge in [-0.2, -0.15) is 0 Å². The van der Waals surface area contributed by atoms with Gasteiger partial charge in [-0.1, -0.05) is 18.5 Å². The summed E-state index contributed by atoms with van der Waals surface area (Å²) in [5, 5.41) is 6.10. The van der Waals surface area contributed by atoms with Gasteiger partial charge in [0.05, 0.1) is 10.6 Å². The van der Waals surface area contributed by atoms with E-state index in [1.54, 1.807) is 6.07 Å². The summed E-state index contributed by atoms with van der Waals surface area (Å²) in [6.45, 7) is 4.73. The summed E-state index contributed by atoms with van der Waals surface area (Å²) in [5.74, 6) is -0.708. The Bertz CT molecular complexity index is 477. The summed E-state index contributed by atoms with van der Waals surface area (Å²) in [7, 11) is 0. The van der Waals surface area contributed by atoms with Crippen molar-refractivity contribution in [2.45, 2.75) is 26.3 Å². The molecular weight excluding hydrogens is 266 g/mol. The Morgan fingerprint density at radius 3 is 2.63 bits per heavy atom. The van der Waals surface area contributed by atoms with Crippen LogP contribution in [-0.4, -0.2) is 24.4 Å². The maximum atomic E-state index is 11.7. The molecule has 1 aromatic carbocycles. The molecular formula is C13H18ClN3O2. The first-order chi connectivity index (χ1) is 8.93. The zero-order valence-corrected chi connectivity index (χ0v) is 11.8. The van der Waals surface area contributed by atoms with Gasteiger partial charge in [0.25, 0.3) is 0 Å². The summed E-state index contributed by atoms with van der Waals surface area (Å²) in [6, 6.07) is 4.71. The summed E-state index contributed by atoms with van der Waals surface area (Å²) in [4.78, 5) is 22.8. The van der Waals surface area contributed by atoms with Crippen LogP contribution in [0, 0.1) is 0 Å². The van der Waals surface area contributed by atoms with Gasteiger partial charge in [-0.3, -0.25) is 9.59 Å². The number of halogens is 1. The van der Waals surface area contributed by atoms with Crippen LogP contribution in [0.25, 0.3) is 0 Å². The summed E-state index contributed by atoms with van der Waals surface area (Å²) in [6.07, 6.45) is 0.364. The third-order valence-electron chi connectivity index (χ3n) is 2.56. The van der Waals surface area contributed by atoms with Crippen LogP contribution >= 0.6 is 11.6 Å². The Balaban J connectivity index is 2.65. The van der Waals surface area contributed by atoms with Crippen molar-refractivity contribution in [1.82, 2.24) is 5.32 Å². The number of primary amides is 1. The molecule has 0 bridgehead atoms. The standard InChI is InChI=1S/C13H18ClN3O2/c1-3-16-8(2)6-12(18)17-9-4-5-10(13(15)19)11(14)7-9/h4-5,7-8,16H,3,6H2,1-2H3,(H2,15,19)(H,17,18). The third kappa shape index (κ3) is 4.89. The molecule has 19 heavy (non-hydrogen) atoms. The number of nitrogens with two attached hydrogens (primary N) is 1. The van der Waals surface area contributed by atoms with Gasteiger partial charge in [0.1, 0.15) is 0 Å². The lowest BCUT2D eigenvalue weighted by molar-refractivity contribution is -0.116. The van der Waals surface area contributed by atoms with Crippen molar-refractivity contribution in [2.75, 3.05) is 11.9 Å². The third-order valence-corrected chi connectivity index (χ3v) is 2.88. The smallest absolute Gasteiger partial charge is 0.250 e. The fourth-order valence-corrected chi connectivity index (χ4v) is 1.98. The number of nitrogens with one attached hydrogen (secondary N) is 2. The number of hydrogen-bond acceptors (Lipinski definition) is 3. The molecule has 1 unspecified atom stereocenters. The van der Waals surface area contributed by atoms with Gasteiger partial charge < -0.3 is 16.4 Å². The zero-order valence-electron chi connectivity index (χ0n) is 11.0. The average Bonchev–Trinajstić information content (AvgIpc) is 2.28. The van der Waals surface area contributed by atoms with Crippen molar-refractivity contribution in [3.63, 3.8) is 0 Å². The first-order valence-electron chi connectivity index (χ1n) is 6.06. The number of amides is 2. The normalized spacial score (nSPS) is 11.9. The van der Waals surface area contributed by atoms with Crippen LogP contribution < -0.4 is 16.4 Å². The number of carbonyl (C=O) groups excluding carboxylic acids is 2. The molecule has 0 radical (unpaired) electrons. The molecule has 4 N–H and O–H groups in total. The molecule has 6 heteroatoms. The first-order valence-corrected chi connectivity index (χ1v) is 6.44. The van der Waals surface area contributed by atoms with Gasteiger partial charge in [0.2, 0.25) is 11.8 Å². The second-order valence-corrected chi connectivity index (χ2v) is 4.68. The molecule has 0 fully saturated rings. The van der Waals surface area contributed by atoms with E-state index in [0.29, 0.717) is 12.1 Å². The Morgan fingerprint density at radius 1 is 1.42 bits per heavy atom. The molecule has 0 heterocycles. The highest BCUT2D eigenvalue weighted by Crippen LogP contribution is 2.20. The molecule has 1 aromatic rings. The van der Waals surface area contributed by atoms with E-state index in [4.69, 9.17) is 17.3 Å². The minimum Gasteiger partial charge on any atom is -0.366 e. The van der Waals surface area contributed by atoms with E-state index in [2.05, 4.69) is 10.6 Å². The maximum Gasteiger partial charge on any atom is 0.250 e. The van der Waals surface area contributed by atoms with Crippen LogP contribution in [0.1, 0.15) is 30.6 Å². The molecule has 0 aromatic heterocycles. The fourth-order valence-electron chi connectivity index (χ4n) is 1.70. The fraction of sp³-hybridized carbons (Fsp3) is 0.385. The molecule has 1 rings (SSSR count). The molecule has 0 saturated heterocycles. The van der Waals surface area contributed by atoms with Crippen molar-refractivity contribution < 1.29 is 9.59 Å². The molecule has 0 spiro atoms. The van der Waals surface area contributed by atoms with Gasteiger partial charge in [0.15, 0.2) is 0 Å². The largest absolute Gasteiger partial charge is 0.366 e. The van der Waals surface area contributed by atoms with E-state index < -0.39 is 5.91 Å². The van der Waals surface area contributed by atoms with Crippen LogP contribution in [0.4, 0.5) is 5.69 Å². The summed E-state index contributed by atoms with van der Waals surface area (Å²) in [5.41, 5.74) is 5.93. The summed E-state index contributed by atoms with van der Waals surface area (Å²) < 4.78 is 0. The van der Waals surface area contributed by atoms with E-state index in [9.17, 15) is 9.59 Å². The van der Waals surface area contributed by atoms with Crippen LogP contribution in [0.15, 0.2) is 18.2 Å². The molecule has 0 saturated carbocycles. The van der Waals surface area contributed by atoms with E-state index in [1.807, 2.05) is 13.8 Å². The Morgan fingerprint density at radius 2 is 2.11 bits per heavy atom. The van der Waals surface area contributed by atoms with Gasteiger partial charge in [-0.05, 0) is 31.7 Å². The highest BCUT2D eigenvalue weighted by Gasteiger charge is 2.10. The van der Waals surface area contributed by atoms with Crippen molar-refractivity contribution in [2.24, 2.45) is 5.73 Å². The quantitative estimate of drug-likeness (QED) is 0.744. The number of rotatable bonds is 6. The summed E-state index contributed by atoms with van der Waals surface area (Å²) >= 11 is 5.90. The lowest BCUT2D eigenvalue weighted by Gasteiger charge is -2.12. The van der Waals surface area contributed by atoms with Crippen LogP contribution in [-0.2, 0) is 4.79 Å². The molecule has 5 nitrogen and oxygen atoms in total. The lowest BCUT2D eigenvalue weighted by Crippen LogP contribution is -2.30. The van der Waals surface area contributed by atoms with Gasteiger partial charge in [0, 0.05) is 18.2 Å². The van der Waals surface area contributed by atoms with Crippen molar-refractivity contribution >= 4 is 29.1 Å². The Hall–Kier alpha value is -1.59. The van der Waals surface area contributed by atoms with Gasteiger partial charge in [-0.15, -0.1) is 0 Å². The zero-order chi connectivity index (χ0) is 14.4. The molecule has 0 aliphatic heterocycles. The van der Waals surface area contributed by atoms with Crippen LogP contribution in [0.3, 0.4) is 0 Å². The van der Waals surface area contributed by atoms with Gasteiger partial charge >= 0.3 is 0 Å². The van der Waals surface area contributed by atoms with Crippen molar-refractivity contribution in [1.29, 1.82) is 0 Å². The number of anilines is 1. The SMILES string of the molecule is CCNC(C)CC(=O)Nc1ccc(C(N)=O)c(Cl)c1. The molecule has 104 valence electrons. The topological polar surface area (TPSA) is 84.2 Å².